The Balaban J connectivity index is 2.33. The molecule has 0 spiro atoms. The summed E-state index contributed by atoms with van der Waals surface area (Å²) >= 11 is 0. The zero-order valence-electron chi connectivity index (χ0n) is 10.8. The Kier molecular flexibility index (Phi) is 3.99. The third kappa shape index (κ3) is 3.00. The molecule has 0 radical (unpaired) electrons. The molecule has 0 saturated carbocycles. The Hall–Kier alpha value is -1.30. The molecule has 0 aliphatic carbocycles. The molecule has 1 aromatic heterocycles. The van der Waals surface area contributed by atoms with Crippen LogP contribution in [0.1, 0.15) is 31.9 Å². The van der Waals surface area contributed by atoms with Crippen LogP contribution in [0.25, 0.3) is 0 Å². The van der Waals surface area contributed by atoms with Gasteiger partial charge in [0.05, 0.1) is 0 Å². The molecular formula is C13H18F3N3. The SMILES string of the molecule is CC1CCCC(CN)N1c1cccc(C(F)(F)F)n1. The molecule has 6 heteroatoms. The van der Waals surface area contributed by atoms with Gasteiger partial charge >= 0.3 is 6.18 Å². The number of rotatable bonds is 2. The van der Waals surface area contributed by atoms with Crippen molar-refractivity contribution < 1.29 is 13.2 Å². The van der Waals surface area contributed by atoms with E-state index in [4.69, 9.17) is 5.73 Å². The number of nitrogens with two attached hydrogens (primary N) is 1. The minimum Gasteiger partial charge on any atom is -0.350 e. The van der Waals surface area contributed by atoms with E-state index in [9.17, 15) is 13.2 Å². The summed E-state index contributed by atoms with van der Waals surface area (Å²) < 4.78 is 38.1. The lowest BCUT2D eigenvalue weighted by atomic mass is 9.96. The number of pyridine rings is 1. The maximum atomic E-state index is 12.7. The first-order valence-corrected chi connectivity index (χ1v) is 6.46. The van der Waals surface area contributed by atoms with Crippen molar-refractivity contribution in [3.05, 3.63) is 23.9 Å². The summed E-state index contributed by atoms with van der Waals surface area (Å²) in [6.07, 6.45) is -1.50. The van der Waals surface area contributed by atoms with Gasteiger partial charge in [-0.3, -0.25) is 0 Å². The standard InChI is InChI=1S/C13H18F3N3/c1-9-4-2-5-10(8-17)19(9)12-7-3-6-11(18-12)13(14,15)16/h3,6-7,9-10H,2,4-5,8,17H2,1H3. The van der Waals surface area contributed by atoms with Crippen molar-refractivity contribution >= 4 is 5.82 Å². The van der Waals surface area contributed by atoms with Gasteiger partial charge in [0, 0.05) is 18.6 Å². The molecule has 1 saturated heterocycles. The number of alkyl halides is 3. The molecule has 2 atom stereocenters. The summed E-state index contributed by atoms with van der Waals surface area (Å²) in [6.45, 7) is 2.44. The van der Waals surface area contributed by atoms with Crippen LogP contribution in [-0.4, -0.2) is 23.6 Å². The summed E-state index contributed by atoms with van der Waals surface area (Å²) in [5, 5.41) is 0. The zero-order chi connectivity index (χ0) is 14.0. The van der Waals surface area contributed by atoms with Gasteiger partial charge < -0.3 is 10.6 Å². The fourth-order valence-corrected chi connectivity index (χ4v) is 2.66. The van der Waals surface area contributed by atoms with Gasteiger partial charge in [-0.25, -0.2) is 4.98 Å². The molecule has 2 rings (SSSR count). The second-order valence-electron chi connectivity index (χ2n) is 4.96. The molecule has 106 valence electrons. The number of aromatic nitrogens is 1. The van der Waals surface area contributed by atoms with Gasteiger partial charge in [-0.15, -0.1) is 0 Å². The highest BCUT2D eigenvalue weighted by atomic mass is 19.4. The van der Waals surface area contributed by atoms with Crippen molar-refractivity contribution in [2.75, 3.05) is 11.4 Å². The highest BCUT2D eigenvalue weighted by Crippen LogP contribution is 2.32. The van der Waals surface area contributed by atoms with E-state index in [0.717, 1.165) is 25.3 Å². The van der Waals surface area contributed by atoms with Crippen LogP contribution >= 0.6 is 0 Å². The van der Waals surface area contributed by atoms with E-state index in [2.05, 4.69) is 4.98 Å². The molecule has 1 aliphatic rings. The summed E-state index contributed by atoms with van der Waals surface area (Å²) in [4.78, 5) is 5.69. The zero-order valence-corrected chi connectivity index (χ0v) is 10.8. The summed E-state index contributed by atoms with van der Waals surface area (Å²) in [6, 6.07) is 4.26. The summed E-state index contributed by atoms with van der Waals surface area (Å²) in [7, 11) is 0. The predicted molar refractivity (Wildman–Crippen MR) is 67.9 cm³/mol. The number of hydrogen-bond donors (Lipinski definition) is 1. The van der Waals surface area contributed by atoms with E-state index in [1.54, 1.807) is 6.07 Å². The lowest BCUT2D eigenvalue weighted by Crippen LogP contribution is -2.49. The van der Waals surface area contributed by atoms with Crippen LogP contribution in [0.15, 0.2) is 18.2 Å². The van der Waals surface area contributed by atoms with Gasteiger partial charge in [0.15, 0.2) is 0 Å². The minimum absolute atomic E-state index is 0.0692. The fraction of sp³-hybridized carbons (Fsp3) is 0.615. The van der Waals surface area contributed by atoms with Crippen molar-refractivity contribution in [3.8, 4) is 0 Å². The molecule has 0 bridgehead atoms. The van der Waals surface area contributed by atoms with Crippen LogP contribution in [0.4, 0.5) is 19.0 Å². The summed E-state index contributed by atoms with van der Waals surface area (Å²) in [5.41, 5.74) is 4.88. The largest absolute Gasteiger partial charge is 0.433 e. The monoisotopic (exact) mass is 273 g/mol. The highest BCUT2D eigenvalue weighted by Gasteiger charge is 2.34. The molecule has 1 aliphatic heterocycles. The van der Waals surface area contributed by atoms with Crippen LogP contribution in [0.2, 0.25) is 0 Å². The van der Waals surface area contributed by atoms with Gasteiger partial charge in [-0.1, -0.05) is 6.07 Å². The van der Waals surface area contributed by atoms with Crippen molar-refractivity contribution in [1.29, 1.82) is 0 Å². The molecule has 0 aromatic carbocycles. The predicted octanol–water partition coefficient (Wildman–Crippen LogP) is 2.81. The smallest absolute Gasteiger partial charge is 0.350 e. The third-order valence-corrected chi connectivity index (χ3v) is 3.59. The van der Waals surface area contributed by atoms with Crippen LogP contribution in [0, 0.1) is 0 Å². The molecule has 1 aromatic rings. The van der Waals surface area contributed by atoms with E-state index in [0.29, 0.717) is 12.4 Å². The first-order chi connectivity index (χ1) is 8.93. The second-order valence-corrected chi connectivity index (χ2v) is 4.96. The highest BCUT2D eigenvalue weighted by molar-refractivity contribution is 5.43. The lowest BCUT2D eigenvalue weighted by molar-refractivity contribution is -0.141. The molecule has 3 nitrogen and oxygen atoms in total. The Morgan fingerprint density at radius 1 is 1.37 bits per heavy atom. The Morgan fingerprint density at radius 3 is 2.74 bits per heavy atom. The first-order valence-electron chi connectivity index (χ1n) is 6.46. The van der Waals surface area contributed by atoms with E-state index >= 15 is 0 Å². The minimum atomic E-state index is -4.41. The Labute approximate surface area is 110 Å². The van der Waals surface area contributed by atoms with E-state index in [1.807, 2.05) is 11.8 Å². The number of hydrogen-bond acceptors (Lipinski definition) is 3. The van der Waals surface area contributed by atoms with Gasteiger partial charge in [0.2, 0.25) is 0 Å². The Morgan fingerprint density at radius 2 is 2.11 bits per heavy atom. The molecule has 2 unspecified atom stereocenters. The quantitative estimate of drug-likeness (QED) is 0.901. The van der Waals surface area contributed by atoms with Crippen molar-refractivity contribution in [2.45, 2.75) is 44.4 Å². The maximum absolute atomic E-state index is 12.7. The molecule has 1 fully saturated rings. The molecule has 19 heavy (non-hydrogen) atoms. The van der Waals surface area contributed by atoms with Gasteiger partial charge in [-0.05, 0) is 38.3 Å². The van der Waals surface area contributed by atoms with Gasteiger partial charge in [0.1, 0.15) is 11.5 Å². The Bertz CT molecular complexity index is 433. The molecule has 2 N–H and O–H groups in total. The third-order valence-electron chi connectivity index (χ3n) is 3.59. The lowest BCUT2D eigenvalue weighted by Gasteiger charge is -2.41. The molecule has 0 amide bonds. The maximum Gasteiger partial charge on any atom is 0.433 e. The van der Waals surface area contributed by atoms with Crippen LogP contribution in [0.5, 0.6) is 0 Å². The number of piperidine rings is 1. The van der Waals surface area contributed by atoms with Crippen molar-refractivity contribution in [2.24, 2.45) is 5.73 Å². The van der Waals surface area contributed by atoms with E-state index < -0.39 is 11.9 Å². The number of anilines is 1. The number of halogens is 3. The van der Waals surface area contributed by atoms with E-state index in [-0.39, 0.29) is 12.1 Å². The normalized spacial score (nSPS) is 24.6. The van der Waals surface area contributed by atoms with Crippen LogP contribution in [0.3, 0.4) is 0 Å². The first kappa shape index (κ1) is 14.1. The topological polar surface area (TPSA) is 42.1 Å². The van der Waals surface area contributed by atoms with Crippen molar-refractivity contribution in [1.82, 2.24) is 4.98 Å². The van der Waals surface area contributed by atoms with E-state index in [1.165, 1.54) is 6.07 Å². The summed E-state index contributed by atoms with van der Waals surface area (Å²) in [5.74, 6) is 0.373. The molecular weight excluding hydrogens is 255 g/mol. The van der Waals surface area contributed by atoms with Crippen LogP contribution < -0.4 is 10.6 Å². The average Bonchev–Trinajstić information content (AvgIpc) is 2.37. The average molecular weight is 273 g/mol. The van der Waals surface area contributed by atoms with Crippen molar-refractivity contribution in [3.63, 3.8) is 0 Å². The van der Waals surface area contributed by atoms with Crippen LogP contribution in [-0.2, 0) is 6.18 Å². The fourth-order valence-electron chi connectivity index (χ4n) is 2.66. The van der Waals surface area contributed by atoms with Gasteiger partial charge in [-0.2, -0.15) is 13.2 Å². The second kappa shape index (κ2) is 5.36. The van der Waals surface area contributed by atoms with Gasteiger partial charge in [0.25, 0.3) is 0 Å². The number of nitrogens with zero attached hydrogens (tertiary/aromatic N) is 2. The molecule has 2 heterocycles.